The summed E-state index contributed by atoms with van der Waals surface area (Å²) in [5.41, 5.74) is 3.35. The summed E-state index contributed by atoms with van der Waals surface area (Å²) >= 11 is 0. The minimum Gasteiger partial charge on any atom is -0.467 e. The maximum Gasteiger partial charge on any atom is 0.227 e. The lowest BCUT2D eigenvalue weighted by atomic mass is 10.0. The molecule has 23 heavy (non-hydrogen) atoms. The first kappa shape index (κ1) is 15.1. The second-order valence-corrected chi connectivity index (χ2v) is 5.57. The van der Waals surface area contributed by atoms with Crippen LogP contribution in [-0.2, 0) is 17.8 Å². The summed E-state index contributed by atoms with van der Waals surface area (Å²) in [5.74, 6) is 0.870. The van der Waals surface area contributed by atoms with Gasteiger partial charge in [-0.15, -0.1) is 0 Å². The van der Waals surface area contributed by atoms with Gasteiger partial charge < -0.3 is 9.32 Å². The molecular weight excluding hydrogens is 286 g/mol. The first-order chi connectivity index (χ1) is 11.2. The number of amides is 1. The molecule has 0 aliphatic rings. The van der Waals surface area contributed by atoms with E-state index in [9.17, 15) is 4.79 Å². The van der Waals surface area contributed by atoms with E-state index in [1.807, 2.05) is 42.5 Å². The van der Waals surface area contributed by atoms with Crippen molar-refractivity contribution < 1.29 is 9.21 Å². The topological polar surface area (TPSA) is 33.5 Å². The lowest BCUT2D eigenvalue weighted by molar-refractivity contribution is -0.129. The third-order valence-electron chi connectivity index (χ3n) is 3.82. The molecule has 0 aliphatic carbocycles. The van der Waals surface area contributed by atoms with Gasteiger partial charge in [0.1, 0.15) is 5.76 Å². The maximum atomic E-state index is 12.3. The van der Waals surface area contributed by atoms with Gasteiger partial charge >= 0.3 is 0 Å². The van der Waals surface area contributed by atoms with Crippen molar-refractivity contribution in [3.63, 3.8) is 0 Å². The van der Waals surface area contributed by atoms with Gasteiger partial charge in [-0.3, -0.25) is 4.79 Å². The van der Waals surface area contributed by atoms with Crippen molar-refractivity contribution in [2.75, 3.05) is 7.05 Å². The number of nitrogens with zero attached hydrogens (tertiary/aromatic N) is 1. The van der Waals surface area contributed by atoms with Crippen molar-refractivity contribution in [3.8, 4) is 11.1 Å². The number of carbonyl (C=O) groups excluding carboxylic acids is 1. The number of hydrogen-bond acceptors (Lipinski definition) is 2. The van der Waals surface area contributed by atoms with Crippen LogP contribution in [0.3, 0.4) is 0 Å². The van der Waals surface area contributed by atoms with E-state index < -0.39 is 0 Å². The van der Waals surface area contributed by atoms with Crippen molar-refractivity contribution in [2.24, 2.45) is 0 Å². The van der Waals surface area contributed by atoms with Crippen molar-refractivity contribution in [1.82, 2.24) is 4.90 Å². The summed E-state index contributed by atoms with van der Waals surface area (Å²) in [5, 5.41) is 0. The molecular formula is C20H19NO2. The summed E-state index contributed by atoms with van der Waals surface area (Å²) in [6.45, 7) is 0.494. The molecule has 0 radical (unpaired) electrons. The number of hydrogen-bond donors (Lipinski definition) is 0. The summed E-state index contributed by atoms with van der Waals surface area (Å²) in [4.78, 5) is 14.0. The van der Waals surface area contributed by atoms with E-state index in [0.29, 0.717) is 13.0 Å². The van der Waals surface area contributed by atoms with E-state index in [-0.39, 0.29) is 5.91 Å². The van der Waals surface area contributed by atoms with E-state index in [0.717, 1.165) is 16.9 Å². The predicted octanol–water partition coefficient (Wildman–Crippen LogP) is 4.15. The van der Waals surface area contributed by atoms with Gasteiger partial charge in [-0.05, 0) is 28.8 Å². The molecule has 0 aliphatic heterocycles. The second-order valence-electron chi connectivity index (χ2n) is 5.57. The Morgan fingerprint density at radius 3 is 2.26 bits per heavy atom. The Hall–Kier alpha value is -2.81. The van der Waals surface area contributed by atoms with E-state index in [4.69, 9.17) is 4.42 Å². The molecule has 3 aromatic rings. The van der Waals surface area contributed by atoms with E-state index in [1.165, 1.54) is 5.56 Å². The largest absolute Gasteiger partial charge is 0.467 e. The maximum absolute atomic E-state index is 12.3. The highest BCUT2D eigenvalue weighted by Crippen LogP contribution is 2.19. The van der Waals surface area contributed by atoms with E-state index in [2.05, 4.69) is 24.3 Å². The van der Waals surface area contributed by atoms with Crippen LogP contribution in [0.25, 0.3) is 11.1 Å². The molecule has 3 rings (SSSR count). The van der Waals surface area contributed by atoms with Gasteiger partial charge in [-0.1, -0.05) is 54.6 Å². The Balaban J connectivity index is 1.62. The van der Waals surface area contributed by atoms with Gasteiger partial charge in [0.25, 0.3) is 0 Å². The molecule has 1 aromatic heterocycles. The van der Waals surface area contributed by atoms with Gasteiger partial charge in [0, 0.05) is 7.05 Å². The summed E-state index contributed by atoms with van der Waals surface area (Å²) < 4.78 is 5.28. The third kappa shape index (κ3) is 3.89. The number of carbonyl (C=O) groups is 1. The highest BCUT2D eigenvalue weighted by Gasteiger charge is 2.11. The standard InChI is InChI=1S/C20H19NO2/c1-21(15-19-8-5-13-23-19)20(22)14-16-9-11-18(12-10-16)17-6-3-2-4-7-17/h2-13H,14-15H2,1H3. The van der Waals surface area contributed by atoms with Crippen LogP contribution in [0.1, 0.15) is 11.3 Å². The molecule has 1 heterocycles. The van der Waals surface area contributed by atoms with Crippen LogP contribution in [-0.4, -0.2) is 17.9 Å². The van der Waals surface area contributed by atoms with Crippen molar-refractivity contribution in [1.29, 1.82) is 0 Å². The van der Waals surface area contributed by atoms with Gasteiger partial charge in [0.15, 0.2) is 0 Å². The van der Waals surface area contributed by atoms with Crippen molar-refractivity contribution in [2.45, 2.75) is 13.0 Å². The zero-order valence-corrected chi connectivity index (χ0v) is 13.1. The Kier molecular flexibility index (Phi) is 4.57. The fourth-order valence-corrected chi connectivity index (χ4v) is 2.48. The molecule has 0 N–H and O–H groups in total. The molecule has 0 spiro atoms. The Bertz CT molecular complexity index is 746. The molecule has 0 saturated carbocycles. The first-order valence-corrected chi connectivity index (χ1v) is 7.63. The molecule has 0 bridgehead atoms. The fourth-order valence-electron chi connectivity index (χ4n) is 2.48. The highest BCUT2D eigenvalue weighted by molar-refractivity contribution is 5.78. The quantitative estimate of drug-likeness (QED) is 0.709. The summed E-state index contributed by atoms with van der Waals surface area (Å²) in [7, 11) is 1.79. The van der Waals surface area contributed by atoms with Crippen LogP contribution in [0.15, 0.2) is 77.4 Å². The van der Waals surface area contributed by atoms with Crippen molar-refractivity contribution >= 4 is 5.91 Å². The van der Waals surface area contributed by atoms with Gasteiger partial charge in [0.05, 0.1) is 19.2 Å². The zero-order valence-electron chi connectivity index (χ0n) is 13.1. The molecule has 3 nitrogen and oxygen atoms in total. The Morgan fingerprint density at radius 2 is 1.61 bits per heavy atom. The normalized spacial score (nSPS) is 10.5. The van der Waals surface area contributed by atoms with Gasteiger partial charge in [-0.25, -0.2) is 0 Å². The van der Waals surface area contributed by atoms with Crippen LogP contribution in [0.4, 0.5) is 0 Å². The van der Waals surface area contributed by atoms with Gasteiger partial charge in [0.2, 0.25) is 5.91 Å². The van der Waals surface area contributed by atoms with Crippen LogP contribution < -0.4 is 0 Å². The molecule has 3 heteroatoms. The molecule has 2 aromatic carbocycles. The Labute approximate surface area is 136 Å². The minimum absolute atomic E-state index is 0.0776. The summed E-state index contributed by atoms with van der Waals surface area (Å²) in [6.07, 6.45) is 2.02. The second kappa shape index (κ2) is 6.97. The molecule has 116 valence electrons. The predicted molar refractivity (Wildman–Crippen MR) is 90.8 cm³/mol. The van der Waals surface area contributed by atoms with Crippen LogP contribution >= 0.6 is 0 Å². The number of likely N-dealkylation sites (N-methyl/N-ethyl adjacent to an activating group) is 1. The first-order valence-electron chi connectivity index (χ1n) is 7.63. The van der Waals surface area contributed by atoms with Gasteiger partial charge in [-0.2, -0.15) is 0 Å². The SMILES string of the molecule is CN(Cc1ccco1)C(=O)Cc1ccc(-c2ccccc2)cc1. The molecule has 1 amide bonds. The summed E-state index contributed by atoms with van der Waals surface area (Å²) in [6, 6.07) is 22.1. The molecule has 0 fully saturated rings. The lowest BCUT2D eigenvalue weighted by Crippen LogP contribution is -2.27. The molecule has 0 saturated heterocycles. The minimum atomic E-state index is 0.0776. The number of benzene rings is 2. The zero-order chi connectivity index (χ0) is 16.1. The van der Waals surface area contributed by atoms with Crippen LogP contribution in [0.2, 0.25) is 0 Å². The third-order valence-corrected chi connectivity index (χ3v) is 3.82. The number of rotatable bonds is 5. The van der Waals surface area contributed by atoms with Crippen LogP contribution in [0, 0.1) is 0 Å². The molecule has 0 unspecified atom stereocenters. The van der Waals surface area contributed by atoms with E-state index >= 15 is 0 Å². The molecule has 0 atom stereocenters. The van der Waals surface area contributed by atoms with Crippen LogP contribution in [0.5, 0.6) is 0 Å². The highest BCUT2D eigenvalue weighted by atomic mass is 16.3. The number of furan rings is 1. The fraction of sp³-hybridized carbons (Fsp3) is 0.150. The average molecular weight is 305 g/mol. The lowest BCUT2D eigenvalue weighted by Gasteiger charge is -2.15. The monoisotopic (exact) mass is 305 g/mol. The smallest absolute Gasteiger partial charge is 0.227 e. The average Bonchev–Trinajstić information content (AvgIpc) is 3.09. The van der Waals surface area contributed by atoms with Crippen molar-refractivity contribution in [3.05, 3.63) is 84.3 Å². The Morgan fingerprint density at radius 1 is 0.913 bits per heavy atom. The van der Waals surface area contributed by atoms with E-state index in [1.54, 1.807) is 18.2 Å².